The summed E-state index contributed by atoms with van der Waals surface area (Å²) in [6.45, 7) is 3.71. The smallest absolute Gasteiger partial charge is 0.251 e. The number of nitrogens with zero attached hydrogens (tertiary/aromatic N) is 2. The Morgan fingerprint density at radius 2 is 2.11 bits per heavy atom. The summed E-state index contributed by atoms with van der Waals surface area (Å²) < 4.78 is 32.0. The van der Waals surface area contributed by atoms with Crippen LogP contribution in [0.25, 0.3) is 11.1 Å². The minimum atomic E-state index is -0.847. The summed E-state index contributed by atoms with van der Waals surface area (Å²) in [4.78, 5) is 18.6. The van der Waals surface area contributed by atoms with E-state index in [1.807, 2.05) is 4.90 Å². The number of amides is 1. The molecule has 0 aliphatic carbocycles. The highest BCUT2D eigenvalue weighted by Gasteiger charge is 2.24. The van der Waals surface area contributed by atoms with Gasteiger partial charge < -0.3 is 14.6 Å². The number of carbonyl (C=O) groups excluding carboxylic acids is 1. The second-order valence-corrected chi connectivity index (χ2v) is 6.82. The molecule has 1 amide bonds. The van der Waals surface area contributed by atoms with Crippen LogP contribution in [-0.2, 0) is 0 Å². The predicted octanol–water partition coefficient (Wildman–Crippen LogP) is 3.67. The van der Waals surface area contributed by atoms with Crippen molar-refractivity contribution in [3.63, 3.8) is 0 Å². The number of fused-ring (bicyclic) bond motifs is 1. The summed E-state index contributed by atoms with van der Waals surface area (Å²) in [5.41, 5.74) is 2.50. The zero-order valence-corrected chi connectivity index (χ0v) is 14.8. The first-order valence-electron chi connectivity index (χ1n) is 8.85. The summed E-state index contributed by atoms with van der Waals surface area (Å²) in [7, 11) is 0. The highest BCUT2D eigenvalue weighted by atomic mass is 19.2. The van der Waals surface area contributed by atoms with Gasteiger partial charge in [-0.25, -0.2) is 13.8 Å². The van der Waals surface area contributed by atoms with Crippen molar-refractivity contribution < 1.29 is 18.0 Å². The van der Waals surface area contributed by atoms with E-state index in [1.54, 1.807) is 31.2 Å². The van der Waals surface area contributed by atoms with Gasteiger partial charge in [0.05, 0.1) is 0 Å². The lowest BCUT2D eigenvalue weighted by molar-refractivity contribution is 0.0948. The molecular weight excluding hydrogens is 352 g/mol. The number of hydrogen-bond donors (Lipinski definition) is 1. The van der Waals surface area contributed by atoms with Gasteiger partial charge in [0.25, 0.3) is 5.91 Å². The van der Waals surface area contributed by atoms with E-state index in [4.69, 9.17) is 4.42 Å². The van der Waals surface area contributed by atoms with Crippen LogP contribution in [0.15, 0.2) is 40.8 Å². The van der Waals surface area contributed by atoms with Crippen LogP contribution in [0.4, 0.5) is 14.5 Å². The van der Waals surface area contributed by atoms with Crippen molar-refractivity contribution in [2.24, 2.45) is 5.92 Å². The van der Waals surface area contributed by atoms with Crippen molar-refractivity contribution in [3.8, 4) is 0 Å². The molecule has 1 fully saturated rings. The standard InChI is InChI=1S/C20H19F2N3O2/c1-12-24-18-5-2-14(8-19(18)27-12)20(26)23-10-13-6-7-25(11-13)15-3-4-16(21)17(22)9-15/h2-5,8-9,13H,6-7,10-11H2,1H3,(H,23,26)/t13-/m1/s1. The summed E-state index contributed by atoms with van der Waals surface area (Å²) in [5.74, 6) is -1.05. The summed E-state index contributed by atoms with van der Waals surface area (Å²) in [5, 5.41) is 2.94. The highest BCUT2D eigenvalue weighted by molar-refractivity contribution is 5.97. The van der Waals surface area contributed by atoms with Crippen LogP contribution < -0.4 is 10.2 Å². The second kappa shape index (κ2) is 6.98. The third-order valence-corrected chi connectivity index (χ3v) is 4.86. The van der Waals surface area contributed by atoms with Crippen LogP contribution in [0, 0.1) is 24.5 Å². The fourth-order valence-electron chi connectivity index (χ4n) is 3.44. The molecule has 0 bridgehead atoms. The lowest BCUT2D eigenvalue weighted by Crippen LogP contribution is -2.31. The van der Waals surface area contributed by atoms with Gasteiger partial charge in [-0.1, -0.05) is 0 Å². The molecule has 1 saturated heterocycles. The molecule has 27 heavy (non-hydrogen) atoms. The maximum Gasteiger partial charge on any atom is 0.251 e. The number of halogens is 2. The van der Waals surface area contributed by atoms with Gasteiger partial charge in [-0.2, -0.15) is 0 Å². The topological polar surface area (TPSA) is 58.4 Å². The molecule has 1 aliphatic heterocycles. The van der Waals surface area contributed by atoms with Gasteiger partial charge in [-0.05, 0) is 42.7 Å². The quantitative estimate of drug-likeness (QED) is 0.760. The first kappa shape index (κ1) is 17.5. The van der Waals surface area contributed by atoms with Crippen LogP contribution in [-0.4, -0.2) is 30.5 Å². The Hall–Kier alpha value is -2.96. The Morgan fingerprint density at radius 3 is 2.93 bits per heavy atom. The third-order valence-electron chi connectivity index (χ3n) is 4.86. The monoisotopic (exact) mass is 371 g/mol. The van der Waals surface area contributed by atoms with Crippen molar-refractivity contribution in [1.82, 2.24) is 10.3 Å². The molecule has 0 saturated carbocycles. The summed E-state index contributed by atoms with van der Waals surface area (Å²) in [6, 6.07) is 9.11. The summed E-state index contributed by atoms with van der Waals surface area (Å²) >= 11 is 0. The Bertz CT molecular complexity index is 1000. The lowest BCUT2D eigenvalue weighted by atomic mass is 10.1. The fourth-order valence-corrected chi connectivity index (χ4v) is 3.44. The molecule has 1 atom stereocenters. The number of rotatable bonds is 4. The number of carbonyl (C=O) groups is 1. The average Bonchev–Trinajstić information content (AvgIpc) is 3.26. The van der Waals surface area contributed by atoms with Gasteiger partial charge >= 0.3 is 0 Å². The predicted molar refractivity (Wildman–Crippen MR) is 97.8 cm³/mol. The molecule has 1 aromatic heterocycles. The molecule has 1 N–H and O–H groups in total. The Balaban J connectivity index is 1.35. The third kappa shape index (κ3) is 3.63. The van der Waals surface area contributed by atoms with Crippen LogP contribution in [0.2, 0.25) is 0 Å². The number of hydrogen-bond acceptors (Lipinski definition) is 4. The minimum Gasteiger partial charge on any atom is -0.441 e. The first-order chi connectivity index (χ1) is 13.0. The lowest BCUT2D eigenvalue weighted by Gasteiger charge is -2.19. The molecule has 0 spiro atoms. The van der Waals surface area contributed by atoms with Gasteiger partial charge in [0.15, 0.2) is 23.1 Å². The van der Waals surface area contributed by atoms with Gasteiger partial charge in [-0.15, -0.1) is 0 Å². The second-order valence-electron chi connectivity index (χ2n) is 6.82. The Labute approximate surface area is 155 Å². The number of aryl methyl sites for hydroxylation is 1. The maximum absolute atomic E-state index is 13.4. The number of benzene rings is 2. The largest absolute Gasteiger partial charge is 0.441 e. The van der Waals surface area contributed by atoms with Crippen LogP contribution in [0.1, 0.15) is 22.7 Å². The number of oxazole rings is 1. The van der Waals surface area contributed by atoms with E-state index in [0.717, 1.165) is 24.5 Å². The molecule has 1 aliphatic rings. The van der Waals surface area contributed by atoms with E-state index in [2.05, 4.69) is 10.3 Å². The number of aromatic nitrogens is 1. The van der Waals surface area contributed by atoms with E-state index in [1.165, 1.54) is 6.07 Å². The molecule has 4 rings (SSSR count). The van der Waals surface area contributed by atoms with Crippen molar-refractivity contribution in [2.45, 2.75) is 13.3 Å². The molecule has 7 heteroatoms. The highest BCUT2D eigenvalue weighted by Crippen LogP contribution is 2.25. The van der Waals surface area contributed by atoms with E-state index in [0.29, 0.717) is 35.8 Å². The molecule has 2 aromatic carbocycles. The molecule has 5 nitrogen and oxygen atoms in total. The van der Waals surface area contributed by atoms with Crippen LogP contribution in [0.5, 0.6) is 0 Å². The van der Waals surface area contributed by atoms with Gasteiger partial charge in [0.1, 0.15) is 5.52 Å². The van der Waals surface area contributed by atoms with E-state index >= 15 is 0 Å². The molecule has 0 unspecified atom stereocenters. The van der Waals surface area contributed by atoms with Crippen molar-refractivity contribution >= 4 is 22.7 Å². The van der Waals surface area contributed by atoms with Crippen LogP contribution in [0.3, 0.4) is 0 Å². The Morgan fingerprint density at radius 1 is 1.26 bits per heavy atom. The van der Waals surface area contributed by atoms with Crippen molar-refractivity contribution in [3.05, 3.63) is 59.5 Å². The zero-order valence-electron chi connectivity index (χ0n) is 14.8. The average molecular weight is 371 g/mol. The molecule has 2 heterocycles. The normalized spacial score (nSPS) is 16.9. The molecular formula is C20H19F2N3O2. The van der Waals surface area contributed by atoms with E-state index in [-0.39, 0.29) is 11.8 Å². The Kier molecular flexibility index (Phi) is 4.51. The summed E-state index contributed by atoms with van der Waals surface area (Å²) in [6.07, 6.45) is 0.875. The van der Waals surface area contributed by atoms with Gasteiger partial charge in [0, 0.05) is 43.9 Å². The fraction of sp³-hybridized carbons (Fsp3) is 0.300. The van der Waals surface area contributed by atoms with E-state index in [9.17, 15) is 13.6 Å². The SMILES string of the molecule is Cc1nc2ccc(C(=O)NC[C@H]3CCN(c4ccc(F)c(F)c4)C3)cc2o1. The molecule has 140 valence electrons. The molecule has 3 aromatic rings. The van der Waals surface area contributed by atoms with E-state index < -0.39 is 11.6 Å². The maximum atomic E-state index is 13.4. The zero-order chi connectivity index (χ0) is 19.0. The van der Waals surface area contributed by atoms with Gasteiger partial charge in [0.2, 0.25) is 0 Å². The molecule has 0 radical (unpaired) electrons. The number of nitrogens with one attached hydrogen (secondary N) is 1. The van der Waals surface area contributed by atoms with Crippen molar-refractivity contribution in [1.29, 1.82) is 0 Å². The first-order valence-corrected chi connectivity index (χ1v) is 8.85. The minimum absolute atomic E-state index is 0.169. The van der Waals surface area contributed by atoms with Crippen LogP contribution >= 0.6 is 0 Å². The number of anilines is 1. The van der Waals surface area contributed by atoms with Crippen molar-refractivity contribution in [2.75, 3.05) is 24.5 Å². The van der Waals surface area contributed by atoms with Gasteiger partial charge in [-0.3, -0.25) is 4.79 Å².